The number of hydrogen-bond donors (Lipinski definition) is 2. The Hall–Kier alpha value is -3.30. The number of thiophene rings is 2. The van der Waals surface area contributed by atoms with Crippen LogP contribution >= 0.6 is 22.7 Å². The number of H-pyrrole nitrogens is 1. The summed E-state index contributed by atoms with van der Waals surface area (Å²) in [5, 5.41) is 8.14. The number of hydrogen-bond acceptors (Lipinski definition) is 7. The highest BCUT2D eigenvalue weighted by atomic mass is 32.1. The van der Waals surface area contributed by atoms with Gasteiger partial charge in [0, 0.05) is 12.2 Å². The topological polar surface area (TPSA) is 86.8 Å². The molecule has 0 radical (unpaired) electrons. The number of rotatable bonds is 4. The molecular weight excluding hydrogens is 428 g/mol. The van der Waals surface area contributed by atoms with Gasteiger partial charge in [-0.2, -0.15) is 0 Å². The summed E-state index contributed by atoms with van der Waals surface area (Å²) in [6.07, 6.45) is 3.34. The first-order valence-electron chi connectivity index (χ1n) is 10.1. The molecule has 1 aliphatic heterocycles. The van der Waals surface area contributed by atoms with Crippen LogP contribution in [0, 0.1) is 0 Å². The summed E-state index contributed by atoms with van der Waals surface area (Å²) in [7, 11) is 0. The zero-order valence-electron chi connectivity index (χ0n) is 16.4. The molecule has 31 heavy (non-hydrogen) atoms. The van der Waals surface area contributed by atoms with Gasteiger partial charge < -0.3 is 15.2 Å². The van der Waals surface area contributed by atoms with Crippen LogP contribution in [0.3, 0.4) is 0 Å². The van der Waals surface area contributed by atoms with Crippen LogP contribution in [0.15, 0.2) is 53.5 Å². The zero-order chi connectivity index (χ0) is 20.8. The van der Waals surface area contributed by atoms with Crippen LogP contribution in [0.25, 0.3) is 32.0 Å². The van der Waals surface area contributed by atoms with Crippen molar-refractivity contribution in [3.8, 4) is 10.7 Å². The number of carbonyl (C=O) groups is 1. The second-order valence-electron chi connectivity index (χ2n) is 7.47. The molecule has 7 nitrogen and oxygen atoms in total. The first-order valence-corrected chi connectivity index (χ1v) is 11.8. The first-order chi connectivity index (χ1) is 15.3. The van der Waals surface area contributed by atoms with Crippen molar-refractivity contribution in [3.05, 3.63) is 53.5 Å². The average molecular weight is 447 g/mol. The van der Waals surface area contributed by atoms with Crippen molar-refractivity contribution >= 4 is 61.3 Å². The summed E-state index contributed by atoms with van der Waals surface area (Å²) in [5.74, 6) is 1.67. The van der Waals surface area contributed by atoms with E-state index in [0.717, 1.165) is 62.8 Å². The molecule has 0 bridgehead atoms. The van der Waals surface area contributed by atoms with E-state index in [1.807, 2.05) is 47.2 Å². The van der Waals surface area contributed by atoms with Gasteiger partial charge in [0.1, 0.15) is 28.8 Å². The number of imidazole rings is 1. The zero-order valence-corrected chi connectivity index (χ0v) is 18.0. The number of fused-ring (bicyclic) bond motifs is 2. The minimum atomic E-state index is -0.253. The molecule has 1 aromatic carbocycles. The summed E-state index contributed by atoms with van der Waals surface area (Å²) >= 11 is 3.23. The molecule has 1 fully saturated rings. The van der Waals surface area contributed by atoms with E-state index in [2.05, 4.69) is 30.2 Å². The van der Waals surface area contributed by atoms with Crippen LogP contribution in [-0.2, 0) is 4.79 Å². The molecule has 154 valence electrons. The molecule has 0 aliphatic carbocycles. The first kappa shape index (κ1) is 18.5. The Morgan fingerprint density at radius 3 is 3.03 bits per heavy atom. The molecule has 1 aliphatic rings. The van der Waals surface area contributed by atoms with Crippen molar-refractivity contribution in [3.63, 3.8) is 0 Å². The molecule has 0 saturated carbocycles. The third-order valence-corrected chi connectivity index (χ3v) is 7.27. The molecule has 0 spiro atoms. The number of carbonyl (C=O) groups excluding carboxylic acids is 1. The highest BCUT2D eigenvalue weighted by molar-refractivity contribution is 7.16. The highest BCUT2D eigenvalue weighted by Crippen LogP contribution is 2.32. The second-order valence-corrected chi connectivity index (χ2v) is 9.31. The van der Waals surface area contributed by atoms with Crippen LogP contribution in [0.5, 0.6) is 0 Å². The standard InChI is InChI=1S/C22H18N6OS2/c29-21(17-3-1-8-28(17)20-14-7-10-31-22(14)24-12-23-20)25-13-5-6-15-16(11-13)27-19(26-15)18-4-2-9-30-18/h2,4-7,9-12,17H,1,3,8H2,(H,25,29)(H,26,27). The Morgan fingerprint density at radius 1 is 1.16 bits per heavy atom. The van der Waals surface area contributed by atoms with Crippen molar-refractivity contribution in [1.82, 2.24) is 19.9 Å². The lowest BCUT2D eigenvalue weighted by Gasteiger charge is -2.25. The minimum absolute atomic E-state index is 0.0168. The summed E-state index contributed by atoms with van der Waals surface area (Å²) in [6.45, 7) is 0.809. The van der Waals surface area contributed by atoms with E-state index < -0.39 is 0 Å². The van der Waals surface area contributed by atoms with Crippen LogP contribution in [-0.4, -0.2) is 38.4 Å². The van der Waals surface area contributed by atoms with Gasteiger partial charge in [-0.1, -0.05) is 6.07 Å². The molecule has 1 atom stereocenters. The second kappa shape index (κ2) is 7.44. The summed E-state index contributed by atoms with van der Waals surface area (Å²) < 4.78 is 0. The van der Waals surface area contributed by atoms with E-state index in [0.29, 0.717) is 0 Å². The number of nitrogens with zero attached hydrogens (tertiary/aromatic N) is 4. The third kappa shape index (κ3) is 3.26. The lowest BCUT2D eigenvalue weighted by molar-refractivity contribution is -0.117. The van der Waals surface area contributed by atoms with E-state index >= 15 is 0 Å². The predicted molar refractivity (Wildman–Crippen MR) is 126 cm³/mol. The highest BCUT2D eigenvalue weighted by Gasteiger charge is 2.33. The molecule has 1 amide bonds. The van der Waals surface area contributed by atoms with Crippen molar-refractivity contribution in [2.24, 2.45) is 0 Å². The van der Waals surface area contributed by atoms with Crippen molar-refractivity contribution in [2.45, 2.75) is 18.9 Å². The Labute approximate surface area is 185 Å². The molecule has 2 N–H and O–H groups in total. The lowest BCUT2D eigenvalue weighted by atomic mass is 10.2. The fraction of sp³-hybridized carbons (Fsp3) is 0.182. The monoisotopic (exact) mass is 446 g/mol. The number of nitrogens with one attached hydrogen (secondary N) is 2. The third-order valence-electron chi connectivity index (χ3n) is 5.57. The average Bonchev–Trinajstić information content (AvgIpc) is 3.58. The van der Waals surface area contributed by atoms with Gasteiger partial charge >= 0.3 is 0 Å². The summed E-state index contributed by atoms with van der Waals surface area (Å²) in [6, 6.07) is 11.6. The number of benzene rings is 1. The number of amides is 1. The summed E-state index contributed by atoms with van der Waals surface area (Å²) in [4.78, 5) is 34.2. The van der Waals surface area contributed by atoms with Gasteiger partial charge in [0.15, 0.2) is 0 Å². The van der Waals surface area contributed by atoms with Crippen LogP contribution < -0.4 is 10.2 Å². The van der Waals surface area contributed by atoms with Crippen LogP contribution in [0.2, 0.25) is 0 Å². The normalized spacial score (nSPS) is 16.4. The summed E-state index contributed by atoms with van der Waals surface area (Å²) in [5.41, 5.74) is 2.54. The van der Waals surface area contributed by atoms with E-state index in [-0.39, 0.29) is 11.9 Å². The number of aromatic nitrogens is 4. The molecular formula is C22H18N6OS2. The van der Waals surface area contributed by atoms with Crippen molar-refractivity contribution in [2.75, 3.05) is 16.8 Å². The Bertz CT molecular complexity index is 1390. The van der Waals surface area contributed by atoms with E-state index in [9.17, 15) is 4.79 Å². The number of anilines is 2. The Morgan fingerprint density at radius 2 is 2.13 bits per heavy atom. The van der Waals surface area contributed by atoms with E-state index in [4.69, 9.17) is 0 Å². The van der Waals surface area contributed by atoms with Gasteiger partial charge in [-0.15, -0.1) is 22.7 Å². The van der Waals surface area contributed by atoms with Crippen LogP contribution in [0.4, 0.5) is 11.5 Å². The van der Waals surface area contributed by atoms with Gasteiger partial charge in [-0.3, -0.25) is 4.79 Å². The Balaban J connectivity index is 1.26. The maximum absolute atomic E-state index is 13.2. The van der Waals surface area contributed by atoms with Crippen molar-refractivity contribution in [1.29, 1.82) is 0 Å². The lowest BCUT2D eigenvalue weighted by Crippen LogP contribution is -2.40. The molecule has 5 heterocycles. The van der Waals surface area contributed by atoms with E-state index in [1.54, 1.807) is 29.0 Å². The van der Waals surface area contributed by atoms with Gasteiger partial charge in [0.25, 0.3) is 0 Å². The Kier molecular flexibility index (Phi) is 4.43. The van der Waals surface area contributed by atoms with Crippen molar-refractivity contribution < 1.29 is 4.79 Å². The van der Waals surface area contributed by atoms with Gasteiger partial charge in [0.2, 0.25) is 5.91 Å². The minimum Gasteiger partial charge on any atom is -0.344 e. The molecule has 6 rings (SSSR count). The van der Waals surface area contributed by atoms with Gasteiger partial charge in [0.05, 0.1) is 21.3 Å². The van der Waals surface area contributed by atoms with Gasteiger partial charge in [-0.05, 0) is 53.9 Å². The van der Waals surface area contributed by atoms with E-state index in [1.165, 1.54) is 0 Å². The SMILES string of the molecule is O=C(Nc1ccc2nc(-c3cccs3)[nH]c2c1)C1CCCN1c1ncnc2sccc12. The fourth-order valence-corrected chi connectivity index (χ4v) is 5.54. The predicted octanol–water partition coefficient (Wildman–Crippen LogP) is 4.90. The fourth-order valence-electron chi connectivity index (χ4n) is 4.14. The smallest absolute Gasteiger partial charge is 0.247 e. The maximum atomic E-state index is 13.2. The molecule has 1 saturated heterocycles. The molecule has 4 aromatic heterocycles. The largest absolute Gasteiger partial charge is 0.344 e. The number of aromatic amines is 1. The molecule has 5 aromatic rings. The van der Waals surface area contributed by atoms with Crippen LogP contribution in [0.1, 0.15) is 12.8 Å². The molecule has 1 unspecified atom stereocenters. The molecule has 9 heteroatoms. The quantitative estimate of drug-likeness (QED) is 0.410. The van der Waals surface area contributed by atoms with Gasteiger partial charge in [-0.25, -0.2) is 15.0 Å². The maximum Gasteiger partial charge on any atom is 0.247 e.